The number of carbonyl (C=O) groups excluding carboxylic acids is 1. The third-order valence-electron chi connectivity index (χ3n) is 4.57. The van der Waals surface area contributed by atoms with Crippen molar-refractivity contribution < 1.29 is 4.79 Å². The van der Waals surface area contributed by atoms with Gasteiger partial charge in [-0.25, -0.2) is 4.98 Å². The van der Waals surface area contributed by atoms with E-state index in [2.05, 4.69) is 10.3 Å². The van der Waals surface area contributed by atoms with Gasteiger partial charge in [0.25, 0.3) is 0 Å². The Balaban J connectivity index is 1.76. The average molecular weight is 329 g/mol. The van der Waals surface area contributed by atoms with E-state index in [4.69, 9.17) is 5.73 Å². The van der Waals surface area contributed by atoms with Crippen LogP contribution in [0.25, 0.3) is 10.6 Å². The molecule has 4 nitrogen and oxygen atoms in total. The molecule has 1 amide bonds. The highest BCUT2D eigenvalue weighted by atomic mass is 32.1. The Labute approximate surface area is 141 Å². The van der Waals surface area contributed by atoms with Gasteiger partial charge in [-0.05, 0) is 38.8 Å². The number of aromatic nitrogens is 1. The molecule has 0 bridgehead atoms. The summed E-state index contributed by atoms with van der Waals surface area (Å²) >= 11 is 1.61. The second-order valence-electron chi connectivity index (χ2n) is 6.67. The largest absolute Gasteiger partial charge is 0.326 e. The Morgan fingerprint density at radius 2 is 2.26 bits per heavy atom. The SMILES string of the molecule is Cc1csc(-c2cccc(NC(=O)C3CCCCC3(C)N)c2)n1. The number of nitrogens with two attached hydrogens (primary N) is 1. The van der Waals surface area contributed by atoms with Gasteiger partial charge in [-0.3, -0.25) is 4.79 Å². The standard InChI is InChI=1S/C18H23N3OS/c1-12-11-23-17(20-12)13-6-5-7-14(10-13)21-16(22)15-8-3-4-9-18(15,2)19/h5-7,10-11,15H,3-4,8-9,19H2,1-2H3,(H,21,22). The van der Waals surface area contributed by atoms with Gasteiger partial charge in [-0.15, -0.1) is 11.3 Å². The molecule has 2 unspecified atom stereocenters. The lowest BCUT2D eigenvalue weighted by Gasteiger charge is -2.37. The van der Waals surface area contributed by atoms with E-state index in [0.717, 1.165) is 47.6 Å². The first-order valence-corrected chi connectivity index (χ1v) is 8.96. The molecule has 122 valence electrons. The van der Waals surface area contributed by atoms with Crippen molar-refractivity contribution in [2.45, 2.75) is 45.1 Å². The highest BCUT2D eigenvalue weighted by Crippen LogP contribution is 2.33. The lowest BCUT2D eigenvalue weighted by atomic mass is 9.74. The predicted molar refractivity (Wildman–Crippen MR) is 95.5 cm³/mol. The summed E-state index contributed by atoms with van der Waals surface area (Å²) in [5.41, 5.74) is 8.77. The molecule has 3 rings (SSSR count). The van der Waals surface area contributed by atoms with Crippen LogP contribution in [0, 0.1) is 12.8 Å². The van der Waals surface area contributed by atoms with Crippen LogP contribution in [-0.4, -0.2) is 16.4 Å². The van der Waals surface area contributed by atoms with E-state index in [1.54, 1.807) is 11.3 Å². The molecule has 1 aromatic carbocycles. The lowest BCUT2D eigenvalue weighted by Crippen LogP contribution is -2.51. The minimum absolute atomic E-state index is 0.0298. The Bertz CT molecular complexity index is 708. The zero-order valence-electron chi connectivity index (χ0n) is 13.6. The van der Waals surface area contributed by atoms with E-state index in [1.165, 1.54) is 0 Å². The van der Waals surface area contributed by atoms with E-state index in [9.17, 15) is 4.79 Å². The number of thiazole rings is 1. The lowest BCUT2D eigenvalue weighted by molar-refractivity contribution is -0.122. The monoisotopic (exact) mass is 329 g/mol. The molecule has 0 radical (unpaired) electrons. The molecule has 2 aromatic rings. The molecule has 1 aliphatic carbocycles. The number of aryl methyl sites for hydroxylation is 1. The minimum Gasteiger partial charge on any atom is -0.326 e. The van der Waals surface area contributed by atoms with Gasteiger partial charge >= 0.3 is 0 Å². The number of rotatable bonds is 3. The molecule has 0 aliphatic heterocycles. The van der Waals surface area contributed by atoms with E-state index in [0.29, 0.717) is 0 Å². The number of anilines is 1. The van der Waals surface area contributed by atoms with Gasteiger partial charge in [0.05, 0.1) is 5.92 Å². The normalized spacial score (nSPS) is 24.4. The maximum Gasteiger partial charge on any atom is 0.229 e. The van der Waals surface area contributed by atoms with E-state index in [1.807, 2.05) is 43.5 Å². The van der Waals surface area contributed by atoms with Gasteiger partial charge < -0.3 is 11.1 Å². The third-order valence-corrected chi connectivity index (χ3v) is 5.58. The summed E-state index contributed by atoms with van der Waals surface area (Å²) in [5, 5.41) is 6.04. The van der Waals surface area contributed by atoms with Crippen LogP contribution >= 0.6 is 11.3 Å². The van der Waals surface area contributed by atoms with E-state index in [-0.39, 0.29) is 11.8 Å². The Kier molecular flexibility index (Phi) is 4.50. The predicted octanol–water partition coefficient (Wildman–Crippen LogP) is 3.96. The van der Waals surface area contributed by atoms with Gasteiger partial charge in [0.2, 0.25) is 5.91 Å². The van der Waals surface area contributed by atoms with Crippen LogP contribution < -0.4 is 11.1 Å². The first-order valence-electron chi connectivity index (χ1n) is 8.08. The average Bonchev–Trinajstić information content (AvgIpc) is 2.93. The maximum atomic E-state index is 12.6. The summed E-state index contributed by atoms with van der Waals surface area (Å²) in [7, 11) is 0. The van der Waals surface area contributed by atoms with Gasteiger partial charge in [0, 0.05) is 27.9 Å². The van der Waals surface area contributed by atoms with Gasteiger partial charge in [-0.2, -0.15) is 0 Å². The number of carbonyl (C=O) groups is 1. The highest BCUT2D eigenvalue weighted by Gasteiger charge is 2.37. The molecule has 23 heavy (non-hydrogen) atoms. The van der Waals surface area contributed by atoms with Crippen LogP contribution in [0.5, 0.6) is 0 Å². The van der Waals surface area contributed by atoms with Crippen LogP contribution in [0.3, 0.4) is 0 Å². The zero-order valence-corrected chi connectivity index (χ0v) is 14.5. The fourth-order valence-corrected chi connectivity index (χ4v) is 4.03. The van der Waals surface area contributed by atoms with Crippen molar-refractivity contribution >= 4 is 22.9 Å². The number of nitrogens with zero attached hydrogens (tertiary/aromatic N) is 1. The summed E-state index contributed by atoms with van der Waals surface area (Å²) in [6.07, 6.45) is 3.95. The highest BCUT2D eigenvalue weighted by molar-refractivity contribution is 7.13. The molecule has 2 atom stereocenters. The molecule has 5 heteroatoms. The Hall–Kier alpha value is -1.72. The number of hydrogen-bond donors (Lipinski definition) is 2. The quantitative estimate of drug-likeness (QED) is 0.895. The fraction of sp³-hybridized carbons (Fsp3) is 0.444. The van der Waals surface area contributed by atoms with Crippen molar-refractivity contribution in [2.75, 3.05) is 5.32 Å². The van der Waals surface area contributed by atoms with Crippen LogP contribution in [-0.2, 0) is 4.79 Å². The van der Waals surface area contributed by atoms with Gasteiger partial charge in [-0.1, -0.05) is 25.0 Å². The molecule has 1 aliphatic rings. The Morgan fingerprint density at radius 1 is 1.43 bits per heavy atom. The molecule has 1 fully saturated rings. The van der Waals surface area contributed by atoms with Crippen LogP contribution in [0.4, 0.5) is 5.69 Å². The topological polar surface area (TPSA) is 68.0 Å². The molecule has 0 saturated heterocycles. The summed E-state index contributed by atoms with van der Waals surface area (Å²) in [6, 6.07) is 7.86. The van der Waals surface area contributed by atoms with Crippen molar-refractivity contribution in [3.05, 3.63) is 35.3 Å². The molecular formula is C18H23N3OS. The second-order valence-corrected chi connectivity index (χ2v) is 7.53. The van der Waals surface area contributed by atoms with Crippen molar-refractivity contribution in [1.29, 1.82) is 0 Å². The first-order chi connectivity index (χ1) is 11.0. The number of amides is 1. The van der Waals surface area contributed by atoms with E-state index >= 15 is 0 Å². The third kappa shape index (κ3) is 3.62. The van der Waals surface area contributed by atoms with Crippen LogP contribution in [0.15, 0.2) is 29.6 Å². The molecule has 0 spiro atoms. The van der Waals surface area contributed by atoms with Crippen molar-refractivity contribution in [1.82, 2.24) is 4.98 Å². The number of benzene rings is 1. The molecule has 1 aromatic heterocycles. The summed E-state index contributed by atoms with van der Waals surface area (Å²) < 4.78 is 0. The molecular weight excluding hydrogens is 306 g/mol. The van der Waals surface area contributed by atoms with Gasteiger partial charge in [0.15, 0.2) is 0 Å². The van der Waals surface area contributed by atoms with Crippen molar-refractivity contribution in [2.24, 2.45) is 11.7 Å². The summed E-state index contributed by atoms with van der Waals surface area (Å²) in [6.45, 7) is 3.97. The maximum absolute atomic E-state index is 12.6. The minimum atomic E-state index is -0.410. The smallest absolute Gasteiger partial charge is 0.229 e. The van der Waals surface area contributed by atoms with Crippen molar-refractivity contribution in [3.63, 3.8) is 0 Å². The fourth-order valence-electron chi connectivity index (χ4n) is 3.23. The second kappa shape index (κ2) is 6.42. The van der Waals surface area contributed by atoms with Gasteiger partial charge in [0.1, 0.15) is 5.01 Å². The molecule has 1 saturated carbocycles. The molecule has 1 heterocycles. The zero-order chi connectivity index (χ0) is 16.4. The summed E-state index contributed by atoms with van der Waals surface area (Å²) in [5.74, 6) is -0.0933. The Morgan fingerprint density at radius 3 is 2.96 bits per heavy atom. The first kappa shape index (κ1) is 16.1. The van der Waals surface area contributed by atoms with E-state index < -0.39 is 5.54 Å². The van der Waals surface area contributed by atoms with Crippen LogP contribution in [0.1, 0.15) is 38.3 Å². The number of hydrogen-bond acceptors (Lipinski definition) is 4. The molecule has 3 N–H and O–H groups in total. The van der Waals surface area contributed by atoms with Crippen LogP contribution in [0.2, 0.25) is 0 Å². The van der Waals surface area contributed by atoms with Crippen molar-refractivity contribution in [3.8, 4) is 10.6 Å². The number of nitrogens with one attached hydrogen (secondary N) is 1. The summed E-state index contributed by atoms with van der Waals surface area (Å²) in [4.78, 5) is 17.1.